The van der Waals surface area contributed by atoms with Crippen molar-refractivity contribution in [3.8, 4) is 0 Å². The molecule has 3 atom stereocenters. The van der Waals surface area contributed by atoms with E-state index in [1.165, 1.54) is 0 Å². The van der Waals surface area contributed by atoms with Gasteiger partial charge in [0.1, 0.15) is 5.78 Å². The Kier molecular flexibility index (Phi) is 2.54. The van der Waals surface area contributed by atoms with E-state index < -0.39 is 5.97 Å². The highest BCUT2D eigenvalue weighted by molar-refractivity contribution is 5.85. The van der Waals surface area contributed by atoms with Gasteiger partial charge in [0.05, 0.1) is 18.6 Å². The number of carbonyl (C=O) groups is 2. The van der Waals surface area contributed by atoms with Crippen LogP contribution in [0.4, 0.5) is 0 Å². The first kappa shape index (κ1) is 9.65. The zero-order valence-electron chi connectivity index (χ0n) is 7.94. The fourth-order valence-electron chi connectivity index (χ4n) is 2.39. The number of carbonyl (C=O) groups excluding carboxylic acids is 1. The van der Waals surface area contributed by atoms with Gasteiger partial charge in [-0.1, -0.05) is 0 Å². The fraction of sp³-hybridized carbons (Fsp3) is 0.800. The third kappa shape index (κ3) is 1.80. The summed E-state index contributed by atoms with van der Waals surface area (Å²) in [7, 11) is 0. The Morgan fingerprint density at radius 3 is 2.57 bits per heavy atom. The molecule has 14 heavy (non-hydrogen) atoms. The number of aliphatic carboxylic acids is 1. The normalized spacial score (nSPS) is 34.7. The molecule has 2 heterocycles. The summed E-state index contributed by atoms with van der Waals surface area (Å²) < 4.78 is 5.54. The van der Waals surface area contributed by atoms with Crippen LogP contribution < -0.4 is 0 Å². The van der Waals surface area contributed by atoms with E-state index in [2.05, 4.69) is 0 Å². The van der Waals surface area contributed by atoms with Gasteiger partial charge in [-0.25, -0.2) is 0 Å². The van der Waals surface area contributed by atoms with Gasteiger partial charge in [0, 0.05) is 12.3 Å². The molecule has 0 radical (unpaired) electrons. The number of ether oxygens (including phenoxy) is 1. The van der Waals surface area contributed by atoms with Gasteiger partial charge in [0.25, 0.3) is 0 Å². The van der Waals surface area contributed by atoms with Gasteiger partial charge in [-0.05, 0) is 19.3 Å². The maximum atomic E-state index is 11.6. The number of Topliss-reactive ketones (excluding diaryl/α,β-unsaturated/α-hetero) is 1. The summed E-state index contributed by atoms with van der Waals surface area (Å²) in [4.78, 5) is 21.9. The lowest BCUT2D eigenvalue weighted by Gasteiger charge is -2.16. The lowest BCUT2D eigenvalue weighted by Crippen LogP contribution is -2.25. The fourth-order valence-corrected chi connectivity index (χ4v) is 2.39. The summed E-state index contributed by atoms with van der Waals surface area (Å²) in [5.74, 6) is -0.852. The van der Waals surface area contributed by atoms with Crippen molar-refractivity contribution in [2.75, 3.05) is 0 Å². The van der Waals surface area contributed by atoms with Crippen molar-refractivity contribution in [3.05, 3.63) is 0 Å². The van der Waals surface area contributed by atoms with Crippen LogP contribution in [0.2, 0.25) is 0 Å². The quantitative estimate of drug-likeness (QED) is 0.731. The van der Waals surface area contributed by atoms with Gasteiger partial charge in [0.15, 0.2) is 0 Å². The van der Waals surface area contributed by atoms with Gasteiger partial charge in [0.2, 0.25) is 0 Å². The molecule has 0 spiro atoms. The molecule has 2 bridgehead atoms. The molecule has 0 aromatic rings. The molecule has 3 unspecified atom stereocenters. The van der Waals surface area contributed by atoms with Gasteiger partial charge < -0.3 is 9.84 Å². The van der Waals surface area contributed by atoms with Gasteiger partial charge >= 0.3 is 5.97 Å². The topological polar surface area (TPSA) is 63.6 Å². The van der Waals surface area contributed by atoms with E-state index in [-0.39, 0.29) is 36.8 Å². The molecule has 0 aliphatic carbocycles. The van der Waals surface area contributed by atoms with Crippen molar-refractivity contribution in [1.29, 1.82) is 0 Å². The first-order valence-corrected chi connectivity index (χ1v) is 5.07. The minimum absolute atomic E-state index is 0.0203. The highest BCUT2D eigenvalue weighted by atomic mass is 16.5. The van der Waals surface area contributed by atoms with E-state index >= 15 is 0 Å². The van der Waals surface area contributed by atoms with Crippen molar-refractivity contribution in [2.24, 2.45) is 5.92 Å². The second-order valence-corrected chi connectivity index (χ2v) is 4.08. The number of hydrogen-bond acceptors (Lipinski definition) is 3. The highest BCUT2D eigenvalue weighted by Gasteiger charge is 2.43. The number of ketones is 1. The second-order valence-electron chi connectivity index (χ2n) is 4.08. The van der Waals surface area contributed by atoms with E-state index in [0.717, 1.165) is 19.3 Å². The van der Waals surface area contributed by atoms with Crippen molar-refractivity contribution in [2.45, 2.75) is 44.3 Å². The Hall–Kier alpha value is -0.900. The van der Waals surface area contributed by atoms with Crippen LogP contribution in [0.5, 0.6) is 0 Å². The van der Waals surface area contributed by atoms with Crippen LogP contribution in [-0.4, -0.2) is 29.1 Å². The molecular formula is C10H14O4. The van der Waals surface area contributed by atoms with Gasteiger partial charge in [-0.3, -0.25) is 9.59 Å². The number of carboxylic acid groups (broad SMARTS) is 1. The van der Waals surface area contributed by atoms with Crippen LogP contribution in [0.15, 0.2) is 0 Å². The van der Waals surface area contributed by atoms with Crippen LogP contribution in [0.3, 0.4) is 0 Å². The lowest BCUT2D eigenvalue weighted by atomic mass is 9.85. The average Bonchev–Trinajstić information content (AvgIpc) is 2.74. The second kappa shape index (κ2) is 3.69. The van der Waals surface area contributed by atoms with E-state index in [4.69, 9.17) is 9.84 Å². The predicted octanol–water partition coefficient (Wildman–Crippen LogP) is 0.988. The molecule has 2 saturated heterocycles. The Labute approximate surface area is 82.2 Å². The Balaban J connectivity index is 1.84. The van der Waals surface area contributed by atoms with E-state index in [1.54, 1.807) is 0 Å². The standard InChI is InChI=1S/C10H14O4/c11-8(2-4-10(12)13)7-5-6-1-3-9(7)14-6/h6-7,9H,1-5H2,(H,12,13). The molecule has 1 N–H and O–H groups in total. The zero-order chi connectivity index (χ0) is 10.1. The number of rotatable bonds is 4. The summed E-state index contributed by atoms with van der Waals surface area (Å²) in [5.41, 5.74) is 0. The Morgan fingerprint density at radius 1 is 1.29 bits per heavy atom. The molecule has 0 amide bonds. The highest BCUT2D eigenvalue weighted by Crippen LogP contribution is 2.39. The maximum Gasteiger partial charge on any atom is 0.303 e. The van der Waals surface area contributed by atoms with Crippen LogP contribution in [0, 0.1) is 5.92 Å². The molecule has 4 heteroatoms. The molecule has 78 valence electrons. The molecule has 0 aromatic carbocycles. The SMILES string of the molecule is O=C(O)CCC(=O)C1CC2CCC1O2. The summed E-state index contributed by atoms with van der Waals surface area (Å²) in [6.07, 6.45) is 3.30. The maximum absolute atomic E-state index is 11.6. The lowest BCUT2D eigenvalue weighted by molar-refractivity contribution is -0.139. The molecule has 2 rings (SSSR count). The number of fused-ring (bicyclic) bond motifs is 2. The summed E-state index contributed by atoms with van der Waals surface area (Å²) >= 11 is 0. The largest absolute Gasteiger partial charge is 0.481 e. The molecule has 0 aromatic heterocycles. The van der Waals surface area contributed by atoms with Gasteiger partial charge in [-0.2, -0.15) is 0 Å². The van der Waals surface area contributed by atoms with E-state index in [1.807, 2.05) is 0 Å². The van der Waals surface area contributed by atoms with E-state index in [0.29, 0.717) is 0 Å². The molecule has 2 aliphatic rings. The average molecular weight is 198 g/mol. The van der Waals surface area contributed by atoms with Crippen LogP contribution in [-0.2, 0) is 14.3 Å². The third-order valence-electron chi connectivity index (χ3n) is 3.10. The smallest absolute Gasteiger partial charge is 0.303 e. The van der Waals surface area contributed by atoms with Crippen molar-refractivity contribution >= 4 is 11.8 Å². The third-order valence-corrected chi connectivity index (χ3v) is 3.10. The van der Waals surface area contributed by atoms with Gasteiger partial charge in [-0.15, -0.1) is 0 Å². The first-order chi connectivity index (χ1) is 6.66. The minimum atomic E-state index is -0.901. The number of hydrogen-bond donors (Lipinski definition) is 1. The van der Waals surface area contributed by atoms with Crippen LogP contribution in [0.1, 0.15) is 32.1 Å². The van der Waals surface area contributed by atoms with Crippen molar-refractivity contribution in [3.63, 3.8) is 0 Å². The van der Waals surface area contributed by atoms with Crippen molar-refractivity contribution < 1.29 is 19.4 Å². The first-order valence-electron chi connectivity index (χ1n) is 5.07. The molecule has 4 nitrogen and oxygen atoms in total. The molecule has 2 fully saturated rings. The summed E-state index contributed by atoms with van der Waals surface area (Å²) in [6.45, 7) is 0. The Bertz CT molecular complexity index is 261. The van der Waals surface area contributed by atoms with E-state index in [9.17, 15) is 9.59 Å². The minimum Gasteiger partial charge on any atom is -0.481 e. The Morgan fingerprint density at radius 2 is 2.07 bits per heavy atom. The van der Waals surface area contributed by atoms with Crippen molar-refractivity contribution in [1.82, 2.24) is 0 Å². The predicted molar refractivity (Wildman–Crippen MR) is 47.9 cm³/mol. The monoisotopic (exact) mass is 198 g/mol. The number of carboxylic acids is 1. The zero-order valence-corrected chi connectivity index (χ0v) is 7.94. The summed E-state index contributed by atoms with van der Waals surface area (Å²) in [6, 6.07) is 0. The molecule has 0 saturated carbocycles. The summed E-state index contributed by atoms with van der Waals surface area (Å²) in [5, 5.41) is 8.45. The van der Waals surface area contributed by atoms with Crippen LogP contribution in [0.25, 0.3) is 0 Å². The molecule has 2 aliphatic heterocycles. The molecular weight excluding hydrogens is 184 g/mol. The van der Waals surface area contributed by atoms with Crippen LogP contribution >= 0.6 is 0 Å².